The molecule has 0 amide bonds. The number of ketones is 1. The average Bonchev–Trinajstić information content (AvgIpc) is 3.60. The van der Waals surface area contributed by atoms with Crippen LogP contribution in [0.25, 0.3) is 28.1 Å². The normalized spacial score (nSPS) is 16.0. The molecule has 1 aliphatic heterocycles. The standard InChI is InChI=1S/C27H26N4O2.2ClH/c32-26(21-10-4-5-11-21)25-24(20-8-2-1-3-9-20)28-27-30(15-14-29-16-18-33-19-17-29)22-12-6-7-13-23(22)31(25)27;;/h1-13,21H,14-19H2;2*1H. The van der Waals surface area contributed by atoms with Crippen molar-refractivity contribution in [1.82, 2.24) is 18.9 Å². The molecule has 1 aliphatic carbocycles. The van der Waals surface area contributed by atoms with E-state index in [4.69, 9.17) is 9.72 Å². The number of carbonyl (C=O) groups is 1. The summed E-state index contributed by atoms with van der Waals surface area (Å²) in [4.78, 5) is 21.3. The van der Waals surface area contributed by atoms with E-state index < -0.39 is 0 Å². The van der Waals surface area contributed by atoms with E-state index in [2.05, 4.69) is 32.1 Å². The van der Waals surface area contributed by atoms with Gasteiger partial charge in [0.15, 0.2) is 5.78 Å². The fourth-order valence-electron chi connectivity index (χ4n) is 4.88. The molecule has 0 saturated carbocycles. The molecule has 2 aliphatic rings. The number of Topliss-reactive ketones (excluding diaryl/α,β-unsaturated/α-hetero) is 1. The second-order valence-corrected chi connectivity index (χ2v) is 8.56. The Labute approximate surface area is 216 Å². The van der Waals surface area contributed by atoms with E-state index in [1.165, 1.54) is 0 Å². The van der Waals surface area contributed by atoms with Gasteiger partial charge in [0, 0.05) is 31.7 Å². The van der Waals surface area contributed by atoms with Gasteiger partial charge < -0.3 is 9.30 Å². The highest BCUT2D eigenvalue weighted by Crippen LogP contribution is 2.32. The molecule has 4 aromatic rings. The van der Waals surface area contributed by atoms with Crippen LogP contribution in [0.15, 0.2) is 78.9 Å². The van der Waals surface area contributed by atoms with Crippen molar-refractivity contribution in [3.05, 3.63) is 84.6 Å². The molecule has 1 saturated heterocycles. The third kappa shape index (κ3) is 4.55. The summed E-state index contributed by atoms with van der Waals surface area (Å²) >= 11 is 0. The van der Waals surface area contributed by atoms with Crippen LogP contribution < -0.4 is 0 Å². The largest absolute Gasteiger partial charge is 0.379 e. The Morgan fingerprint density at radius 3 is 2.26 bits per heavy atom. The van der Waals surface area contributed by atoms with Crippen LogP contribution in [0.2, 0.25) is 0 Å². The number of imidazole rings is 2. The SMILES string of the molecule is Cl.Cl.O=C(c1c(-c2ccccc2)nc2n(CCN3CCOCC3)c3ccccc3n12)C1C=CC=C1. The van der Waals surface area contributed by atoms with Crippen LogP contribution in [-0.2, 0) is 11.3 Å². The Balaban J connectivity index is 0.00000144. The second-order valence-electron chi connectivity index (χ2n) is 8.56. The highest BCUT2D eigenvalue weighted by Gasteiger charge is 2.29. The minimum Gasteiger partial charge on any atom is -0.379 e. The van der Waals surface area contributed by atoms with Gasteiger partial charge in [0.05, 0.1) is 30.2 Å². The van der Waals surface area contributed by atoms with Crippen LogP contribution in [0.5, 0.6) is 0 Å². The number of ether oxygens (including phenoxy) is 1. The molecule has 0 radical (unpaired) electrons. The van der Waals surface area contributed by atoms with Gasteiger partial charge in [-0.1, -0.05) is 66.8 Å². The topological polar surface area (TPSA) is 51.8 Å². The lowest BCUT2D eigenvalue weighted by Crippen LogP contribution is -2.38. The Bertz CT molecular complexity index is 1370. The van der Waals surface area contributed by atoms with E-state index in [9.17, 15) is 4.79 Å². The zero-order valence-electron chi connectivity index (χ0n) is 19.2. The minimum atomic E-state index is -0.261. The molecule has 6 nitrogen and oxygen atoms in total. The van der Waals surface area contributed by atoms with Gasteiger partial charge in [-0.2, -0.15) is 0 Å². The van der Waals surface area contributed by atoms with Crippen LogP contribution in [0.1, 0.15) is 10.5 Å². The first-order valence-corrected chi connectivity index (χ1v) is 11.6. The number of hydrogen-bond acceptors (Lipinski definition) is 4. The summed E-state index contributed by atoms with van der Waals surface area (Å²) < 4.78 is 9.83. The van der Waals surface area contributed by atoms with Crippen molar-refractivity contribution in [3.8, 4) is 11.3 Å². The van der Waals surface area contributed by atoms with Crippen LogP contribution in [0.4, 0.5) is 0 Å². The van der Waals surface area contributed by atoms with Crippen molar-refractivity contribution in [2.45, 2.75) is 6.54 Å². The smallest absolute Gasteiger partial charge is 0.216 e. The predicted molar refractivity (Wildman–Crippen MR) is 144 cm³/mol. The summed E-state index contributed by atoms with van der Waals surface area (Å²) in [5.41, 5.74) is 4.46. The maximum absolute atomic E-state index is 13.8. The van der Waals surface area contributed by atoms with Crippen LogP contribution in [0.3, 0.4) is 0 Å². The number of aromatic nitrogens is 3. The first kappa shape index (κ1) is 25.2. The molecule has 8 heteroatoms. The molecule has 182 valence electrons. The maximum atomic E-state index is 13.8. The molecule has 1 fully saturated rings. The fourth-order valence-corrected chi connectivity index (χ4v) is 4.88. The van der Waals surface area contributed by atoms with E-state index in [1.54, 1.807) is 0 Å². The van der Waals surface area contributed by atoms with Gasteiger partial charge in [0.2, 0.25) is 5.78 Å². The lowest BCUT2D eigenvalue weighted by Gasteiger charge is -2.26. The number of allylic oxidation sites excluding steroid dienone is 4. The summed E-state index contributed by atoms with van der Waals surface area (Å²) in [6.45, 7) is 5.18. The first-order valence-electron chi connectivity index (χ1n) is 11.6. The van der Waals surface area contributed by atoms with Gasteiger partial charge in [0.1, 0.15) is 11.4 Å². The summed E-state index contributed by atoms with van der Waals surface area (Å²) in [5.74, 6) is 0.628. The molecule has 0 bridgehead atoms. The zero-order valence-corrected chi connectivity index (χ0v) is 20.9. The molecule has 0 N–H and O–H groups in total. The van der Waals surface area contributed by atoms with Gasteiger partial charge in [0.25, 0.3) is 0 Å². The molecular formula is C27H28Cl2N4O2. The average molecular weight is 511 g/mol. The lowest BCUT2D eigenvalue weighted by atomic mass is 9.99. The number of hydrogen-bond donors (Lipinski definition) is 0. The summed E-state index contributed by atoms with van der Waals surface area (Å²) in [7, 11) is 0. The van der Waals surface area contributed by atoms with E-state index in [0.717, 1.165) is 67.5 Å². The van der Waals surface area contributed by atoms with Gasteiger partial charge in [-0.3, -0.25) is 14.1 Å². The molecule has 0 atom stereocenters. The quantitative estimate of drug-likeness (QED) is 0.340. The van der Waals surface area contributed by atoms with E-state index in [0.29, 0.717) is 5.69 Å². The second kappa shape index (κ2) is 10.8. The van der Waals surface area contributed by atoms with Crippen molar-refractivity contribution in [2.75, 3.05) is 32.8 Å². The van der Waals surface area contributed by atoms with E-state index in [1.807, 2.05) is 60.7 Å². The minimum absolute atomic E-state index is 0. The number of halogens is 2. The molecule has 2 aromatic carbocycles. The molecule has 0 spiro atoms. The number of benzene rings is 2. The molecule has 3 heterocycles. The maximum Gasteiger partial charge on any atom is 0.216 e. The monoisotopic (exact) mass is 510 g/mol. The van der Waals surface area contributed by atoms with Crippen molar-refractivity contribution < 1.29 is 9.53 Å². The van der Waals surface area contributed by atoms with Gasteiger partial charge in [-0.25, -0.2) is 4.98 Å². The van der Waals surface area contributed by atoms with Crippen LogP contribution in [0, 0.1) is 5.92 Å². The zero-order chi connectivity index (χ0) is 22.2. The predicted octanol–water partition coefficient (Wildman–Crippen LogP) is 5.06. The number of nitrogens with zero attached hydrogens (tertiary/aromatic N) is 4. The van der Waals surface area contributed by atoms with E-state index >= 15 is 0 Å². The summed E-state index contributed by atoms with van der Waals surface area (Å²) in [6, 6.07) is 18.3. The first-order chi connectivity index (χ1) is 16.3. The molecule has 6 rings (SSSR count). The van der Waals surface area contributed by atoms with Crippen LogP contribution >= 0.6 is 24.8 Å². The third-order valence-corrected chi connectivity index (χ3v) is 6.59. The Morgan fingerprint density at radius 2 is 1.54 bits per heavy atom. The van der Waals surface area contributed by atoms with Gasteiger partial charge in [-0.15, -0.1) is 24.8 Å². The van der Waals surface area contributed by atoms with Gasteiger partial charge in [-0.05, 0) is 12.1 Å². The number of fused-ring (bicyclic) bond motifs is 3. The van der Waals surface area contributed by atoms with Crippen LogP contribution in [-0.4, -0.2) is 57.5 Å². The van der Waals surface area contributed by atoms with Crippen molar-refractivity contribution in [1.29, 1.82) is 0 Å². The van der Waals surface area contributed by atoms with Crippen molar-refractivity contribution in [3.63, 3.8) is 0 Å². The van der Waals surface area contributed by atoms with E-state index in [-0.39, 0.29) is 36.5 Å². The Hall–Kier alpha value is -2.90. The van der Waals surface area contributed by atoms with Crippen molar-refractivity contribution >= 4 is 47.4 Å². The Kier molecular flexibility index (Phi) is 7.77. The highest BCUT2D eigenvalue weighted by molar-refractivity contribution is 6.06. The summed E-state index contributed by atoms with van der Waals surface area (Å²) in [5, 5.41) is 0. The number of carbonyl (C=O) groups excluding carboxylic acids is 1. The molecule has 0 unspecified atom stereocenters. The summed E-state index contributed by atoms with van der Waals surface area (Å²) in [6.07, 6.45) is 7.78. The number of para-hydroxylation sites is 2. The Morgan fingerprint density at radius 1 is 0.886 bits per heavy atom. The molecular weight excluding hydrogens is 483 g/mol. The number of morpholine rings is 1. The number of rotatable bonds is 6. The fraction of sp³-hybridized carbons (Fsp3) is 0.259. The molecule has 2 aromatic heterocycles. The lowest BCUT2D eigenvalue weighted by molar-refractivity contribution is 0.0366. The van der Waals surface area contributed by atoms with Gasteiger partial charge >= 0.3 is 0 Å². The third-order valence-electron chi connectivity index (χ3n) is 6.59. The molecule has 35 heavy (non-hydrogen) atoms. The highest BCUT2D eigenvalue weighted by atomic mass is 35.5. The van der Waals surface area contributed by atoms with Crippen molar-refractivity contribution in [2.24, 2.45) is 5.92 Å².